The summed E-state index contributed by atoms with van der Waals surface area (Å²) in [7, 11) is 0. The summed E-state index contributed by atoms with van der Waals surface area (Å²) in [6.45, 7) is 0.186. The number of aliphatic hydroxyl groups is 1. The highest BCUT2D eigenvalue weighted by Gasteiger charge is 2.23. The van der Waals surface area contributed by atoms with E-state index in [9.17, 15) is 14.4 Å². The summed E-state index contributed by atoms with van der Waals surface area (Å²) in [5.74, 6) is -1.68. The fraction of sp³-hybridized carbons (Fsp3) is 0.667. The summed E-state index contributed by atoms with van der Waals surface area (Å²) >= 11 is 0. The number of aliphatic carboxylic acids is 1. The molecular formula is C9H15N3O5. The van der Waals surface area contributed by atoms with Crippen LogP contribution in [0.25, 0.3) is 0 Å². The van der Waals surface area contributed by atoms with Gasteiger partial charge in [0.2, 0.25) is 5.91 Å². The number of carbonyl (C=O) groups excluding carboxylic acids is 2. The molecule has 1 aliphatic rings. The van der Waals surface area contributed by atoms with Crippen molar-refractivity contribution in [3.63, 3.8) is 0 Å². The second-order valence-corrected chi connectivity index (χ2v) is 3.69. The van der Waals surface area contributed by atoms with Crippen LogP contribution in [0.4, 0.5) is 4.79 Å². The highest BCUT2D eigenvalue weighted by atomic mass is 16.4. The number of nitrogens with one attached hydrogen (secondary N) is 3. The van der Waals surface area contributed by atoms with Gasteiger partial charge in [-0.15, -0.1) is 0 Å². The van der Waals surface area contributed by atoms with E-state index >= 15 is 0 Å². The molecule has 2 unspecified atom stereocenters. The fourth-order valence-corrected chi connectivity index (χ4v) is 1.40. The van der Waals surface area contributed by atoms with Gasteiger partial charge in [0.25, 0.3) is 0 Å². The van der Waals surface area contributed by atoms with Crippen LogP contribution in [0.1, 0.15) is 12.8 Å². The molecule has 8 heteroatoms. The maximum Gasteiger partial charge on any atom is 0.334 e. The van der Waals surface area contributed by atoms with Crippen molar-refractivity contribution in [1.82, 2.24) is 16.0 Å². The third kappa shape index (κ3) is 4.27. The lowest BCUT2D eigenvalue weighted by molar-refractivity contribution is -0.146. The van der Waals surface area contributed by atoms with Gasteiger partial charge in [-0.25, -0.2) is 9.59 Å². The van der Waals surface area contributed by atoms with Gasteiger partial charge in [0.15, 0.2) is 6.10 Å². The fourth-order valence-electron chi connectivity index (χ4n) is 1.40. The van der Waals surface area contributed by atoms with Gasteiger partial charge in [0, 0.05) is 6.54 Å². The Kier molecular flexibility index (Phi) is 4.70. The predicted octanol–water partition coefficient (Wildman–Crippen LogP) is -1.99. The Bertz CT molecular complexity index is 320. The second kappa shape index (κ2) is 6.04. The van der Waals surface area contributed by atoms with E-state index in [0.717, 1.165) is 6.42 Å². The minimum absolute atomic E-state index is 0.259. The molecule has 0 aromatic rings. The molecule has 0 spiro atoms. The first-order valence-corrected chi connectivity index (χ1v) is 5.23. The largest absolute Gasteiger partial charge is 0.479 e. The number of carboxylic acids is 1. The second-order valence-electron chi connectivity index (χ2n) is 3.69. The smallest absolute Gasteiger partial charge is 0.334 e. The molecule has 0 aromatic heterocycles. The van der Waals surface area contributed by atoms with Crippen LogP contribution >= 0.6 is 0 Å². The van der Waals surface area contributed by atoms with Crippen LogP contribution in [0.5, 0.6) is 0 Å². The molecule has 1 rings (SSSR count). The Morgan fingerprint density at radius 2 is 2.24 bits per heavy atom. The van der Waals surface area contributed by atoms with E-state index in [1.165, 1.54) is 0 Å². The number of hydrogen-bond donors (Lipinski definition) is 5. The zero-order chi connectivity index (χ0) is 12.8. The molecule has 1 saturated heterocycles. The predicted molar refractivity (Wildman–Crippen MR) is 56.2 cm³/mol. The SMILES string of the molecule is O=C(NCC(O)C(=O)O)NC1CCCNC1=O. The topological polar surface area (TPSA) is 128 Å². The molecule has 5 N–H and O–H groups in total. The Labute approximate surface area is 97.4 Å². The van der Waals surface area contributed by atoms with E-state index < -0.39 is 30.7 Å². The van der Waals surface area contributed by atoms with Crippen molar-refractivity contribution in [2.24, 2.45) is 0 Å². The molecule has 96 valence electrons. The minimum atomic E-state index is -1.65. The first-order valence-electron chi connectivity index (χ1n) is 5.23. The lowest BCUT2D eigenvalue weighted by atomic mass is 10.1. The van der Waals surface area contributed by atoms with Crippen LogP contribution in [-0.4, -0.2) is 53.4 Å². The summed E-state index contributed by atoms with van der Waals surface area (Å²) in [6.07, 6.45) is -0.337. The minimum Gasteiger partial charge on any atom is -0.479 e. The molecule has 0 aromatic carbocycles. The van der Waals surface area contributed by atoms with Gasteiger partial charge in [0.05, 0.1) is 6.54 Å². The molecule has 1 aliphatic heterocycles. The van der Waals surface area contributed by atoms with Crippen molar-refractivity contribution in [2.75, 3.05) is 13.1 Å². The molecule has 17 heavy (non-hydrogen) atoms. The zero-order valence-corrected chi connectivity index (χ0v) is 9.10. The van der Waals surface area contributed by atoms with Crippen LogP contribution in [0, 0.1) is 0 Å². The van der Waals surface area contributed by atoms with E-state index in [-0.39, 0.29) is 5.91 Å². The number of carboxylic acid groups (broad SMARTS) is 1. The zero-order valence-electron chi connectivity index (χ0n) is 9.10. The first kappa shape index (κ1) is 13.2. The molecule has 8 nitrogen and oxygen atoms in total. The number of hydrogen-bond acceptors (Lipinski definition) is 4. The molecule has 2 atom stereocenters. The Hall–Kier alpha value is -1.83. The van der Waals surface area contributed by atoms with Crippen molar-refractivity contribution in [3.05, 3.63) is 0 Å². The van der Waals surface area contributed by atoms with Crippen LogP contribution in [0.3, 0.4) is 0 Å². The number of aliphatic hydroxyl groups excluding tert-OH is 1. The monoisotopic (exact) mass is 245 g/mol. The molecule has 1 fully saturated rings. The van der Waals surface area contributed by atoms with E-state index in [2.05, 4.69) is 16.0 Å². The van der Waals surface area contributed by atoms with Gasteiger partial charge >= 0.3 is 12.0 Å². The molecule has 0 bridgehead atoms. The maximum absolute atomic E-state index is 11.3. The van der Waals surface area contributed by atoms with Crippen LogP contribution in [-0.2, 0) is 9.59 Å². The van der Waals surface area contributed by atoms with Crippen molar-refractivity contribution in [2.45, 2.75) is 25.0 Å². The van der Waals surface area contributed by atoms with Crippen molar-refractivity contribution in [1.29, 1.82) is 0 Å². The molecular weight excluding hydrogens is 230 g/mol. The molecule has 1 heterocycles. The van der Waals surface area contributed by atoms with Gasteiger partial charge in [-0.2, -0.15) is 0 Å². The summed E-state index contributed by atoms with van der Waals surface area (Å²) in [4.78, 5) is 32.8. The Balaban J connectivity index is 2.29. The van der Waals surface area contributed by atoms with E-state index in [0.29, 0.717) is 13.0 Å². The molecule has 0 saturated carbocycles. The third-order valence-electron chi connectivity index (χ3n) is 2.33. The standard InChI is InChI=1S/C9H15N3O5/c13-6(8(15)16)4-11-9(17)12-5-2-1-3-10-7(5)14/h5-6,13H,1-4H2,(H,10,14)(H,15,16)(H2,11,12,17). The van der Waals surface area contributed by atoms with Crippen LogP contribution in [0.2, 0.25) is 0 Å². The number of rotatable bonds is 4. The van der Waals surface area contributed by atoms with Gasteiger partial charge in [-0.05, 0) is 12.8 Å². The lowest BCUT2D eigenvalue weighted by Crippen LogP contribution is -2.53. The Morgan fingerprint density at radius 3 is 2.82 bits per heavy atom. The average molecular weight is 245 g/mol. The average Bonchev–Trinajstić information content (AvgIpc) is 2.29. The van der Waals surface area contributed by atoms with Crippen molar-refractivity contribution < 1.29 is 24.6 Å². The number of urea groups is 1. The van der Waals surface area contributed by atoms with Crippen molar-refractivity contribution >= 4 is 17.9 Å². The van der Waals surface area contributed by atoms with E-state index in [1.54, 1.807) is 0 Å². The van der Waals surface area contributed by atoms with Crippen LogP contribution < -0.4 is 16.0 Å². The van der Waals surface area contributed by atoms with Crippen molar-refractivity contribution in [3.8, 4) is 0 Å². The van der Waals surface area contributed by atoms with Crippen LogP contribution in [0.15, 0.2) is 0 Å². The van der Waals surface area contributed by atoms with Gasteiger partial charge in [0.1, 0.15) is 6.04 Å². The highest BCUT2D eigenvalue weighted by Crippen LogP contribution is 2.02. The Morgan fingerprint density at radius 1 is 1.53 bits per heavy atom. The molecule has 0 aliphatic carbocycles. The summed E-state index contributed by atoms with van der Waals surface area (Å²) < 4.78 is 0. The maximum atomic E-state index is 11.3. The quantitative estimate of drug-likeness (QED) is 0.392. The van der Waals surface area contributed by atoms with E-state index in [1.807, 2.05) is 0 Å². The first-order chi connectivity index (χ1) is 8.00. The molecule has 0 radical (unpaired) electrons. The van der Waals surface area contributed by atoms with Gasteiger partial charge < -0.3 is 26.2 Å². The van der Waals surface area contributed by atoms with E-state index in [4.69, 9.17) is 10.2 Å². The molecule has 3 amide bonds. The number of amides is 3. The normalized spacial score (nSPS) is 21.2. The summed E-state index contributed by atoms with van der Waals surface area (Å²) in [5, 5.41) is 24.4. The highest BCUT2D eigenvalue weighted by molar-refractivity contribution is 5.87. The summed E-state index contributed by atoms with van der Waals surface area (Å²) in [6, 6.07) is -1.28. The number of carbonyl (C=O) groups is 3. The summed E-state index contributed by atoms with van der Waals surface area (Å²) in [5.41, 5.74) is 0. The third-order valence-corrected chi connectivity index (χ3v) is 2.33. The van der Waals surface area contributed by atoms with Gasteiger partial charge in [-0.1, -0.05) is 0 Å². The number of piperidine rings is 1. The van der Waals surface area contributed by atoms with Gasteiger partial charge in [-0.3, -0.25) is 4.79 Å². The lowest BCUT2D eigenvalue weighted by Gasteiger charge is -2.22.